The summed E-state index contributed by atoms with van der Waals surface area (Å²) >= 11 is 2.03. The van der Waals surface area contributed by atoms with E-state index >= 15 is 0 Å². The van der Waals surface area contributed by atoms with Crippen molar-refractivity contribution in [2.75, 3.05) is 23.4 Å². The van der Waals surface area contributed by atoms with Crippen molar-refractivity contribution in [3.05, 3.63) is 29.3 Å². The largest absolute Gasteiger partial charge is 0.385 e. The predicted octanol–water partition coefficient (Wildman–Crippen LogP) is 3.67. The third-order valence-corrected chi connectivity index (χ3v) is 4.63. The molecule has 1 atom stereocenters. The molecule has 0 aliphatic carbocycles. The van der Waals surface area contributed by atoms with E-state index in [1.54, 1.807) is 0 Å². The molecular formula is C16H26N2S. The van der Waals surface area contributed by atoms with Crippen LogP contribution >= 0.6 is 11.8 Å². The summed E-state index contributed by atoms with van der Waals surface area (Å²) in [7, 11) is 0. The summed E-state index contributed by atoms with van der Waals surface area (Å²) in [5.41, 5.74) is 4.29. The van der Waals surface area contributed by atoms with Gasteiger partial charge in [-0.3, -0.25) is 0 Å². The van der Waals surface area contributed by atoms with Crippen molar-refractivity contribution < 1.29 is 0 Å². The Hall–Kier alpha value is -0.670. The first-order valence-electron chi connectivity index (χ1n) is 7.47. The van der Waals surface area contributed by atoms with Gasteiger partial charge in [-0.1, -0.05) is 25.1 Å². The van der Waals surface area contributed by atoms with Crippen molar-refractivity contribution in [2.45, 2.75) is 45.7 Å². The van der Waals surface area contributed by atoms with E-state index in [0.29, 0.717) is 6.04 Å². The fourth-order valence-corrected chi connectivity index (χ4v) is 3.33. The van der Waals surface area contributed by atoms with Crippen LogP contribution in [0, 0.1) is 0 Å². The van der Waals surface area contributed by atoms with Crippen molar-refractivity contribution in [2.24, 2.45) is 0 Å². The van der Waals surface area contributed by atoms with Crippen LogP contribution in [-0.4, -0.2) is 24.1 Å². The summed E-state index contributed by atoms with van der Waals surface area (Å²) < 4.78 is 0. The summed E-state index contributed by atoms with van der Waals surface area (Å²) in [6, 6.07) is 7.29. The van der Waals surface area contributed by atoms with Crippen LogP contribution in [0.2, 0.25) is 0 Å². The lowest BCUT2D eigenvalue weighted by Crippen LogP contribution is -2.27. The highest BCUT2D eigenvalue weighted by Gasteiger charge is 2.12. The number of anilines is 1. The Balaban J connectivity index is 1.85. The molecule has 1 aliphatic rings. The molecule has 0 aromatic heterocycles. The predicted molar refractivity (Wildman–Crippen MR) is 87.2 cm³/mol. The minimum Gasteiger partial charge on any atom is -0.385 e. The molecule has 0 radical (unpaired) electrons. The lowest BCUT2D eigenvalue weighted by molar-refractivity contribution is 0.537. The van der Waals surface area contributed by atoms with Gasteiger partial charge >= 0.3 is 0 Å². The lowest BCUT2D eigenvalue weighted by atomic mass is 9.99. The van der Waals surface area contributed by atoms with Gasteiger partial charge < -0.3 is 10.6 Å². The SMILES string of the molecule is CCSCCC(C)NCc1cccc2c1NCCC2. The maximum absolute atomic E-state index is 3.65. The molecule has 0 bridgehead atoms. The van der Waals surface area contributed by atoms with Crippen molar-refractivity contribution in [1.29, 1.82) is 0 Å². The van der Waals surface area contributed by atoms with Crippen molar-refractivity contribution in [1.82, 2.24) is 5.32 Å². The fraction of sp³-hybridized carbons (Fsp3) is 0.625. The number of nitrogens with one attached hydrogen (secondary N) is 2. The smallest absolute Gasteiger partial charge is 0.0418 e. The van der Waals surface area contributed by atoms with Gasteiger partial charge in [0.05, 0.1) is 0 Å². The number of thioether (sulfide) groups is 1. The normalized spacial score (nSPS) is 15.7. The molecule has 2 rings (SSSR count). The Kier molecular flexibility index (Phi) is 6.05. The first-order chi connectivity index (χ1) is 9.31. The lowest BCUT2D eigenvalue weighted by Gasteiger charge is -2.22. The van der Waals surface area contributed by atoms with Gasteiger partial charge in [-0.2, -0.15) is 11.8 Å². The summed E-state index contributed by atoms with van der Waals surface area (Å²) in [6.45, 7) is 6.62. The van der Waals surface area contributed by atoms with E-state index in [4.69, 9.17) is 0 Å². The molecule has 0 saturated heterocycles. The van der Waals surface area contributed by atoms with Crippen LogP contribution in [0.15, 0.2) is 18.2 Å². The van der Waals surface area contributed by atoms with E-state index in [9.17, 15) is 0 Å². The maximum Gasteiger partial charge on any atom is 0.0418 e. The van der Waals surface area contributed by atoms with E-state index in [2.05, 4.69) is 42.7 Å². The van der Waals surface area contributed by atoms with Crippen molar-refractivity contribution >= 4 is 17.4 Å². The summed E-state index contributed by atoms with van der Waals surface area (Å²) in [5.74, 6) is 2.48. The van der Waals surface area contributed by atoms with E-state index in [1.807, 2.05) is 11.8 Å². The summed E-state index contributed by atoms with van der Waals surface area (Å²) in [5, 5.41) is 7.22. The monoisotopic (exact) mass is 278 g/mol. The van der Waals surface area contributed by atoms with Gasteiger partial charge in [0, 0.05) is 24.8 Å². The Morgan fingerprint density at radius 3 is 3.16 bits per heavy atom. The minimum absolute atomic E-state index is 0.596. The standard InChI is InChI=1S/C16H26N2S/c1-3-19-11-9-13(2)18-12-15-7-4-6-14-8-5-10-17-16(14)15/h4,6-7,13,17-18H,3,5,8-12H2,1-2H3. The van der Waals surface area contributed by atoms with Gasteiger partial charge in [0.25, 0.3) is 0 Å². The van der Waals surface area contributed by atoms with E-state index in [1.165, 1.54) is 47.6 Å². The van der Waals surface area contributed by atoms with Gasteiger partial charge in [0.1, 0.15) is 0 Å². The molecule has 1 unspecified atom stereocenters. The second-order valence-electron chi connectivity index (χ2n) is 5.25. The first kappa shape index (κ1) is 14.7. The zero-order chi connectivity index (χ0) is 13.5. The summed E-state index contributed by atoms with van der Waals surface area (Å²) in [6.07, 6.45) is 3.73. The van der Waals surface area contributed by atoms with E-state index in [0.717, 1.165) is 13.1 Å². The van der Waals surface area contributed by atoms with Crippen LogP contribution in [0.5, 0.6) is 0 Å². The highest BCUT2D eigenvalue weighted by atomic mass is 32.2. The highest BCUT2D eigenvalue weighted by Crippen LogP contribution is 2.26. The number of benzene rings is 1. The number of aryl methyl sites for hydroxylation is 1. The molecule has 0 fully saturated rings. The van der Waals surface area contributed by atoms with Gasteiger partial charge in [-0.25, -0.2) is 0 Å². The number of fused-ring (bicyclic) bond motifs is 1. The van der Waals surface area contributed by atoms with Gasteiger partial charge in [0.2, 0.25) is 0 Å². The molecule has 0 spiro atoms. The third kappa shape index (κ3) is 4.43. The van der Waals surface area contributed by atoms with E-state index in [-0.39, 0.29) is 0 Å². The number of hydrogen-bond donors (Lipinski definition) is 2. The molecule has 2 N–H and O–H groups in total. The van der Waals surface area contributed by atoms with Crippen LogP contribution in [0.1, 0.15) is 37.8 Å². The molecular weight excluding hydrogens is 252 g/mol. The highest BCUT2D eigenvalue weighted by molar-refractivity contribution is 7.99. The van der Waals surface area contributed by atoms with Crippen LogP contribution in [0.4, 0.5) is 5.69 Å². The number of rotatable bonds is 7. The van der Waals surface area contributed by atoms with Crippen LogP contribution in [-0.2, 0) is 13.0 Å². The Bertz CT molecular complexity index is 392. The molecule has 0 amide bonds. The summed E-state index contributed by atoms with van der Waals surface area (Å²) in [4.78, 5) is 0. The second kappa shape index (κ2) is 7.81. The Morgan fingerprint density at radius 2 is 2.32 bits per heavy atom. The zero-order valence-corrected chi connectivity index (χ0v) is 13.0. The van der Waals surface area contributed by atoms with Crippen molar-refractivity contribution in [3.8, 4) is 0 Å². The third-order valence-electron chi connectivity index (χ3n) is 3.70. The Morgan fingerprint density at radius 1 is 1.42 bits per heavy atom. The average Bonchev–Trinajstić information content (AvgIpc) is 2.45. The molecule has 19 heavy (non-hydrogen) atoms. The minimum atomic E-state index is 0.596. The molecule has 3 heteroatoms. The molecule has 0 saturated carbocycles. The molecule has 1 aliphatic heterocycles. The zero-order valence-electron chi connectivity index (χ0n) is 12.2. The van der Waals surface area contributed by atoms with Gasteiger partial charge in [-0.05, 0) is 48.8 Å². The maximum atomic E-state index is 3.65. The number of para-hydroxylation sites is 1. The Labute approximate surface area is 121 Å². The average molecular weight is 278 g/mol. The molecule has 106 valence electrons. The van der Waals surface area contributed by atoms with Crippen LogP contribution in [0.25, 0.3) is 0 Å². The van der Waals surface area contributed by atoms with Crippen LogP contribution < -0.4 is 10.6 Å². The molecule has 2 nitrogen and oxygen atoms in total. The quantitative estimate of drug-likeness (QED) is 0.744. The van der Waals surface area contributed by atoms with Gasteiger partial charge in [-0.15, -0.1) is 0 Å². The first-order valence-corrected chi connectivity index (χ1v) is 8.62. The number of hydrogen-bond acceptors (Lipinski definition) is 3. The van der Waals surface area contributed by atoms with Crippen LogP contribution in [0.3, 0.4) is 0 Å². The van der Waals surface area contributed by atoms with Gasteiger partial charge in [0.15, 0.2) is 0 Å². The molecule has 1 aromatic carbocycles. The molecule has 1 aromatic rings. The van der Waals surface area contributed by atoms with E-state index < -0.39 is 0 Å². The molecule has 1 heterocycles. The fourth-order valence-electron chi connectivity index (χ4n) is 2.52. The van der Waals surface area contributed by atoms with Crippen molar-refractivity contribution in [3.63, 3.8) is 0 Å². The topological polar surface area (TPSA) is 24.1 Å². The second-order valence-corrected chi connectivity index (χ2v) is 6.64.